The minimum absolute atomic E-state index is 0.253. The van der Waals surface area contributed by atoms with Crippen LogP contribution in [0.2, 0.25) is 0 Å². The van der Waals surface area contributed by atoms with Gasteiger partial charge in [0.25, 0.3) is 0 Å². The monoisotopic (exact) mass is 396 g/mol. The van der Waals surface area contributed by atoms with Crippen LogP contribution in [-0.2, 0) is 12.8 Å². The average Bonchev–Trinajstić information content (AvgIpc) is 3.23. The summed E-state index contributed by atoms with van der Waals surface area (Å²) in [6, 6.07) is 10.4. The number of nitrogens with zero attached hydrogens (tertiary/aromatic N) is 6. The summed E-state index contributed by atoms with van der Waals surface area (Å²) in [4.78, 5) is 18.4. The molecule has 0 amide bonds. The van der Waals surface area contributed by atoms with Gasteiger partial charge in [-0.3, -0.25) is 4.98 Å². The van der Waals surface area contributed by atoms with Gasteiger partial charge in [-0.05, 0) is 61.1 Å². The molecule has 0 atom stereocenters. The van der Waals surface area contributed by atoms with E-state index < -0.39 is 0 Å². The molecule has 1 aliphatic carbocycles. The van der Waals surface area contributed by atoms with Gasteiger partial charge in [-0.1, -0.05) is 12.1 Å². The summed E-state index contributed by atoms with van der Waals surface area (Å²) in [5.41, 5.74) is 6.52. The number of hydrogen-bond acceptors (Lipinski definition) is 5. The second-order valence-corrected chi connectivity index (χ2v) is 7.51. The summed E-state index contributed by atoms with van der Waals surface area (Å²) in [6.07, 6.45) is 9.21. The Labute approximate surface area is 171 Å². The second kappa shape index (κ2) is 6.66. The van der Waals surface area contributed by atoms with E-state index in [1.54, 1.807) is 23.2 Å². The van der Waals surface area contributed by atoms with Gasteiger partial charge in [0.15, 0.2) is 17.1 Å². The predicted molar refractivity (Wildman–Crippen MR) is 111 cm³/mol. The Morgan fingerprint density at radius 1 is 0.867 bits per heavy atom. The van der Waals surface area contributed by atoms with Crippen molar-refractivity contribution in [2.75, 3.05) is 0 Å². The van der Waals surface area contributed by atoms with Crippen molar-refractivity contribution in [2.24, 2.45) is 0 Å². The largest absolute Gasteiger partial charge is 0.265 e. The molecular weight excluding hydrogens is 379 g/mol. The van der Waals surface area contributed by atoms with Gasteiger partial charge in [0, 0.05) is 29.2 Å². The Morgan fingerprint density at radius 3 is 2.50 bits per heavy atom. The predicted octanol–water partition coefficient (Wildman–Crippen LogP) is 4.42. The van der Waals surface area contributed by atoms with Gasteiger partial charge in [-0.15, -0.1) is 5.10 Å². The molecule has 0 fully saturated rings. The maximum Gasteiger partial charge on any atom is 0.182 e. The second-order valence-electron chi connectivity index (χ2n) is 7.51. The van der Waals surface area contributed by atoms with Gasteiger partial charge >= 0.3 is 0 Å². The van der Waals surface area contributed by atoms with E-state index in [4.69, 9.17) is 9.97 Å². The summed E-state index contributed by atoms with van der Waals surface area (Å²) in [5, 5.41) is 5.48. The minimum atomic E-state index is -0.253. The van der Waals surface area contributed by atoms with Gasteiger partial charge in [-0.2, -0.15) is 0 Å². The van der Waals surface area contributed by atoms with Crippen LogP contribution >= 0.6 is 0 Å². The number of halogens is 1. The van der Waals surface area contributed by atoms with Gasteiger partial charge < -0.3 is 0 Å². The molecule has 146 valence electrons. The third-order valence-electron chi connectivity index (χ3n) is 5.67. The highest BCUT2D eigenvalue weighted by Crippen LogP contribution is 2.37. The van der Waals surface area contributed by atoms with Crippen LogP contribution < -0.4 is 0 Å². The molecule has 0 bridgehead atoms. The zero-order valence-electron chi connectivity index (χ0n) is 16.1. The molecular formula is C23H17FN6. The van der Waals surface area contributed by atoms with Crippen molar-refractivity contribution in [1.82, 2.24) is 29.5 Å². The Kier molecular flexibility index (Phi) is 3.80. The number of rotatable bonds is 2. The molecule has 4 heterocycles. The first-order valence-electron chi connectivity index (χ1n) is 10.0. The highest BCUT2D eigenvalue weighted by atomic mass is 19.1. The maximum absolute atomic E-state index is 13.6. The van der Waals surface area contributed by atoms with Crippen LogP contribution in [-0.4, -0.2) is 29.5 Å². The first-order valence-corrected chi connectivity index (χ1v) is 10.0. The van der Waals surface area contributed by atoms with Crippen molar-refractivity contribution in [3.8, 4) is 22.5 Å². The normalized spacial score (nSPS) is 13.6. The quantitative estimate of drug-likeness (QED) is 0.442. The first kappa shape index (κ1) is 17.1. The van der Waals surface area contributed by atoms with Crippen LogP contribution in [0.5, 0.6) is 0 Å². The number of benzene rings is 1. The van der Waals surface area contributed by atoms with E-state index in [0.717, 1.165) is 53.5 Å². The lowest BCUT2D eigenvalue weighted by Gasteiger charge is -2.20. The molecule has 0 aliphatic heterocycles. The molecule has 6 rings (SSSR count). The number of pyridine rings is 2. The average molecular weight is 396 g/mol. The van der Waals surface area contributed by atoms with Gasteiger partial charge in [0.1, 0.15) is 12.1 Å². The fourth-order valence-electron chi connectivity index (χ4n) is 4.28. The zero-order chi connectivity index (χ0) is 20.1. The SMILES string of the molecule is Fc1ccc(-c2c3c(nc4ncn5nc(-c6ccncc6)nc5c24)CCCC3)cc1. The van der Waals surface area contributed by atoms with Crippen LogP contribution in [0.25, 0.3) is 39.2 Å². The summed E-state index contributed by atoms with van der Waals surface area (Å²) in [5.74, 6) is 0.353. The lowest BCUT2D eigenvalue weighted by atomic mass is 9.87. The van der Waals surface area contributed by atoms with Crippen molar-refractivity contribution < 1.29 is 4.39 Å². The molecule has 1 aromatic carbocycles. The van der Waals surface area contributed by atoms with E-state index in [-0.39, 0.29) is 5.82 Å². The molecule has 0 unspecified atom stereocenters. The van der Waals surface area contributed by atoms with E-state index in [1.807, 2.05) is 24.3 Å². The summed E-state index contributed by atoms with van der Waals surface area (Å²) < 4.78 is 15.3. The standard InChI is InChI=1S/C23H17FN6/c24-16-7-5-14(6-8-16)19-17-3-1-2-4-18(17)27-22-20(19)23-28-21(29-30(23)13-26-22)15-9-11-25-12-10-15/h5-13H,1-4H2. The van der Waals surface area contributed by atoms with Crippen LogP contribution in [0, 0.1) is 5.82 Å². The number of aryl methyl sites for hydroxylation is 1. The minimum Gasteiger partial charge on any atom is -0.265 e. The molecule has 0 saturated carbocycles. The lowest BCUT2D eigenvalue weighted by molar-refractivity contribution is 0.628. The molecule has 4 aromatic heterocycles. The van der Waals surface area contributed by atoms with E-state index in [0.29, 0.717) is 17.1 Å². The Balaban J connectivity index is 1.71. The van der Waals surface area contributed by atoms with Crippen molar-refractivity contribution in [1.29, 1.82) is 0 Å². The van der Waals surface area contributed by atoms with Gasteiger partial charge in [0.05, 0.1) is 5.39 Å². The summed E-state index contributed by atoms with van der Waals surface area (Å²) in [6.45, 7) is 0. The number of hydrogen-bond donors (Lipinski definition) is 0. The molecule has 0 spiro atoms. The Morgan fingerprint density at radius 2 is 1.67 bits per heavy atom. The molecule has 0 N–H and O–H groups in total. The molecule has 0 radical (unpaired) electrons. The van der Waals surface area contributed by atoms with Crippen LogP contribution in [0.4, 0.5) is 4.39 Å². The van der Waals surface area contributed by atoms with Crippen molar-refractivity contribution >= 4 is 16.7 Å². The van der Waals surface area contributed by atoms with E-state index in [9.17, 15) is 4.39 Å². The first-order chi connectivity index (χ1) is 14.8. The zero-order valence-corrected chi connectivity index (χ0v) is 16.1. The molecule has 7 heteroatoms. The Bertz CT molecular complexity index is 1390. The molecule has 6 nitrogen and oxygen atoms in total. The van der Waals surface area contributed by atoms with Crippen LogP contribution in [0.15, 0.2) is 55.1 Å². The molecule has 30 heavy (non-hydrogen) atoms. The molecule has 1 aliphatic rings. The van der Waals surface area contributed by atoms with Gasteiger partial charge in [0.2, 0.25) is 0 Å². The highest BCUT2D eigenvalue weighted by Gasteiger charge is 2.23. The van der Waals surface area contributed by atoms with Gasteiger partial charge in [-0.25, -0.2) is 23.9 Å². The third-order valence-corrected chi connectivity index (χ3v) is 5.67. The maximum atomic E-state index is 13.6. The summed E-state index contributed by atoms with van der Waals surface area (Å²) in [7, 11) is 0. The number of aromatic nitrogens is 6. The molecule has 0 saturated heterocycles. The lowest BCUT2D eigenvalue weighted by Crippen LogP contribution is -2.09. The van der Waals surface area contributed by atoms with Crippen LogP contribution in [0.1, 0.15) is 24.1 Å². The topological polar surface area (TPSA) is 68.9 Å². The van der Waals surface area contributed by atoms with E-state index in [2.05, 4.69) is 15.1 Å². The van der Waals surface area contributed by atoms with Crippen molar-refractivity contribution in [2.45, 2.75) is 25.7 Å². The highest BCUT2D eigenvalue weighted by molar-refractivity contribution is 6.03. The number of fused-ring (bicyclic) bond motifs is 4. The van der Waals surface area contributed by atoms with E-state index in [1.165, 1.54) is 17.7 Å². The molecule has 5 aromatic rings. The fraction of sp³-hybridized carbons (Fsp3) is 0.174. The van der Waals surface area contributed by atoms with Crippen LogP contribution in [0.3, 0.4) is 0 Å². The van der Waals surface area contributed by atoms with Crippen molar-refractivity contribution in [3.63, 3.8) is 0 Å². The smallest absolute Gasteiger partial charge is 0.182 e. The fourth-order valence-corrected chi connectivity index (χ4v) is 4.28. The Hall–Kier alpha value is -3.74. The van der Waals surface area contributed by atoms with E-state index >= 15 is 0 Å². The van der Waals surface area contributed by atoms with Crippen molar-refractivity contribution in [3.05, 3.63) is 72.2 Å². The third kappa shape index (κ3) is 2.66. The summed E-state index contributed by atoms with van der Waals surface area (Å²) >= 11 is 0.